The van der Waals surface area contributed by atoms with Crippen molar-refractivity contribution in [3.63, 3.8) is 0 Å². The number of carbonyl (C=O) groups is 5. The van der Waals surface area contributed by atoms with Crippen molar-refractivity contribution < 1.29 is 38.6 Å². The summed E-state index contributed by atoms with van der Waals surface area (Å²) in [6, 6.07) is 4.66. The Morgan fingerprint density at radius 3 is 2.49 bits per heavy atom. The summed E-state index contributed by atoms with van der Waals surface area (Å²) in [7, 11) is 1.46. The molecule has 228 valence electrons. The van der Waals surface area contributed by atoms with E-state index in [0.717, 1.165) is 4.90 Å². The van der Waals surface area contributed by atoms with E-state index in [-0.39, 0.29) is 53.1 Å². The minimum absolute atomic E-state index is 0.0333. The lowest BCUT2D eigenvalue weighted by Gasteiger charge is -2.37. The van der Waals surface area contributed by atoms with Crippen molar-refractivity contribution in [1.82, 2.24) is 15.2 Å². The van der Waals surface area contributed by atoms with Gasteiger partial charge in [-0.25, -0.2) is 4.98 Å². The Bertz CT molecular complexity index is 1550. The second-order valence-electron chi connectivity index (χ2n) is 11.2. The molecule has 2 aromatic rings. The number of hydrogen-bond donors (Lipinski definition) is 4. The smallest absolute Gasteiger partial charge is 0.307 e. The molecule has 0 saturated heterocycles. The van der Waals surface area contributed by atoms with Crippen LogP contribution >= 0.6 is 0 Å². The van der Waals surface area contributed by atoms with E-state index < -0.39 is 54.0 Å². The fourth-order valence-corrected chi connectivity index (χ4v) is 4.99. The number of carboxylic acid groups (broad SMARTS) is 1. The number of aliphatic carboxylic acids is 1. The molecule has 14 heteroatoms. The summed E-state index contributed by atoms with van der Waals surface area (Å²) in [5.41, 5.74) is 6.52. The molecule has 3 amide bonds. The number of amidine groups is 1. The van der Waals surface area contributed by atoms with E-state index in [1.165, 1.54) is 18.0 Å². The number of aromatic nitrogens is 1. The van der Waals surface area contributed by atoms with E-state index in [0.29, 0.717) is 17.7 Å². The number of fused-ring (bicyclic) bond motifs is 2. The maximum atomic E-state index is 13.7. The van der Waals surface area contributed by atoms with E-state index in [1.807, 2.05) is 20.8 Å². The quantitative estimate of drug-likeness (QED) is 0.289. The van der Waals surface area contributed by atoms with Crippen LogP contribution in [0.2, 0.25) is 0 Å². The fourth-order valence-electron chi connectivity index (χ4n) is 4.99. The van der Waals surface area contributed by atoms with Gasteiger partial charge in [0.1, 0.15) is 23.8 Å². The number of primary amides is 1. The Kier molecular flexibility index (Phi) is 8.42. The van der Waals surface area contributed by atoms with Crippen molar-refractivity contribution in [3.8, 4) is 11.5 Å². The van der Waals surface area contributed by atoms with Gasteiger partial charge in [0.15, 0.2) is 23.3 Å². The number of rotatable bonds is 10. The molecule has 2 aliphatic heterocycles. The van der Waals surface area contributed by atoms with Gasteiger partial charge in [-0.05, 0) is 30.5 Å². The summed E-state index contributed by atoms with van der Waals surface area (Å²) >= 11 is 0. The van der Waals surface area contributed by atoms with Crippen LogP contribution in [0.3, 0.4) is 0 Å². The third-order valence-electron chi connectivity index (χ3n) is 7.01. The van der Waals surface area contributed by atoms with Crippen molar-refractivity contribution >= 4 is 41.0 Å². The number of hydrogen-bond acceptors (Lipinski definition) is 9. The first-order chi connectivity index (χ1) is 20.2. The minimum Gasteiger partial charge on any atom is -0.491 e. The monoisotopic (exact) mass is 594 g/mol. The van der Waals surface area contributed by atoms with Crippen molar-refractivity contribution in [2.45, 2.75) is 52.2 Å². The van der Waals surface area contributed by atoms with Crippen LogP contribution in [0.4, 0.5) is 5.69 Å². The molecule has 43 heavy (non-hydrogen) atoms. The summed E-state index contributed by atoms with van der Waals surface area (Å²) in [6.45, 7) is 7.05. The standard InChI is InChI=1S/C29H34N6O8/c1-6-42-19-9-15-11-34(26(31)23(15)33-24(19)27(40)32-5)12-18(36)14-7-16(29(2,3)4)25-17(8-14)35(13-21(30)37)28(41)20(43-25)10-22(38)39/h7-9,20,31H,6,10-13H2,1-5H3,(H2,30,37)(H,32,40)(H,38,39). The Hall–Kier alpha value is -5.01. The van der Waals surface area contributed by atoms with Gasteiger partial charge in [-0.1, -0.05) is 20.8 Å². The highest BCUT2D eigenvalue weighted by molar-refractivity contribution is 6.09. The number of ketones is 1. The number of pyridine rings is 1. The van der Waals surface area contributed by atoms with Crippen LogP contribution in [0, 0.1) is 5.41 Å². The molecule has 14 nitrogen and oxygen atoms in total. The molecule has 5 N–H and O–H groups in total. The second-order valence-corrected chi connectivity index (χ2v) is 11.2. The molecule has 2 aliphatic rings. The number of benzene rings is 1. The number of nitrogens with zero attached hydrogens (tertiary/aromatic N) is 3. The molecule has 1 aromatic heterocycles. The average molecular weight is 595 g/mol. The van der Waals surface area contributed by atoms with Gasteiger partial charge in [0, 0.05) is 30.3 Å². The number of amides is 3. The van der Waals surface area contributed by atoms with E-state index >= 15 is 0 Å². The first-order valence-corrected chi connectivity index (χ1v) is 13.6. The number of Topliss-reactive ketones (excluding diaryl/α,β-unsaturated/α-hetero) is 1. The first-order valence-electron chi connectivity index (χ1n) is 13.6. The van der Waals surface area contributed by atoms with Crippen LogP contribution in [0.15, 0.2) is 18.2 Å². The van der Waals surface area contributed by atoms with Gasteiger partial charge in [-0.2, -0.15) is 0 Å². The van der Waals surface area contributed by atoms with E-state index in [2.05, 4.69) is 10.3 Å². The lowest BCUT2D eigenvalue weighted by Crippen LogP contribution is -2.50. The van der Waals surface area contributed by atoms with Crippen LogP contribution in [-0.4, -0.2) is 83.1 Å². The van der Waals surface area contributed by atoms with Crippen molar-refractivity contribution in [2.75, 3.05) is 31.6 Å². The van der Waals surface area contributed by atoms with Crippen LogP contribution < -0.4 is 25.4 Å². The molecule has 1 atom stereocenters. The number of nitrogens with one attached hydrogen (secondary N) is 2. The first kappa shape index (κ1) is 30.9. The maximum Gasteiger partial charge on any atom is 0.307 e. The number of anilines is 1. The summed E-state index contributed by atoms with van der Waals surface area (Å²) in [5.74, 6) is -3.32. The SMILES string of the molecule is CCOc1cc2c(nc1C(=O)NC)C(=N)N(CC(=O)c1cc3c(c(C(C)(C)C)c1)OC(CC(=O)O)C(=O)N3CC(N)=O)C2. The highest BCUT2D eigenvalue weighted by atomic mass is 16.5. The van der Waals surface area contributed by atoms with Gasteiger partial charge >= 0.3 is 5.97 Å². The van der Waals surface area contributed by atoms with Crippen molar-refractivity contribution in [2.24, 2.45) is 5.73 Å². The van der Waals surface area contributed by atoms with Gasteiger partial charge in [-0.15, -0.1) is 0 Å². The fraction of sp³-hybridized carbons (Fsp3) is 0.414. The largest absolute Gasteiger partial charge is 0.491 e. The molecule has 3 heterocycles. The normalized spacial score (nSPS) is 15.9. The Morgan fingerprint density at radius 2 is 1.91 bits per heavy atom. The lowest BCUT2D eigenvalue weighted by molar-refractivity contribution is -0.142. The molecule has 0 fully saturated rings. The predicted octanol–water partition coefficient (Wildman–Crippen LogP) is 1.22. The number of nitrogens with two attached hydrogens (primary N) is 1. The molecular formula is C29H34N6O8. The topological polar surface area (TPSA) is 205 Å². The Labute approximate surface area is 247 Å². The zero-order valence-corrected chi connectivity index (χ0v) is 24.6. The molecule has 0 radical (unpaired) electrons. The van der Waals surface area contributed by atoms with E-state index in [9.17, 15) is 29.1 Å². The van der Waals surface area contributed by atoms with Crippen LogP contribution in [0.25, 0.3) is 0 Å². The molecule has 4 rings (SSSR count). The highest BCUT2D eigenvalue weighted by Gasteiger charge is 2.40. The maximum absolute atomic E-state index is 13.7. The number of ether oxygens (including phenoxy) is 2. The zero-order chi connectivity index (χ0) is 31.8. The molecule has 0 saturated carbocycles. The summed E-state index contributed by atoms with van der Waals surface area (Å²) in [6.07, 6.45) is -2.01. The van der Waals surface area contributed by atoms with Crippen molar-refractivity contribution in [3.05, 3.63) is 46.3 Å². The Balaban J connectivity index is 1.71. The van der Waals surface area contributed by atoms with Crippen LogP contribution in [0.1, 0.15) is 71.8 Å². The molecule has 1 unspecified atom stereocenters. The average Bonchev–Trinajstić information content (AvgIpc) is 3.22. The van der Waals surface area contributed by atoms with Crippen LogP contribution in [0.5, 0.6) is 11.5 Å². The van der Waals surface area contributed by atoms with Gasteiger partial charge in [0.2, 0.25) is 5.91 Å². The van der Waals surface area contributed by atoms with E-state index in [4.69, 9.17) is 20.6 Å². The van der Waals surface area contributed by atoms with Gasteiger partial charge < -0.3 is 30.5 Å². The van der Waals surface area contributed by atoms with Crippen molar-refractivity contribution in [1.29, 1.82) is 5.41 Å². The van der Waals surface area contributed by atoms with Crippen LogP contribution in [-0.2, 0) is 26.3 Å². The second kappa shape index (κ2) is 11.7. The van der Waals surface area contributed by atoms with Gasteiger partial charge in [-0.3, -0.25) is 34.3 Å². The number of carboxylic acids is 1. The molecule has 1 aromatic carbocycles. The zero-order valence-electron chi connectivity index (χ0n) is 24.6. The third kappa shape index (κ3) is 6.12. The summed E-state index contributed by atoms with van der Waals surface area (Å²) in [5, 5.41) is 20.5. The summed E-state index contributed by atoms with van der Waals surface area (Å²) in [4.78, 5) is 69.6. The lowest BCUT2D eigenvalue weighted by atomic mass is 9.83. The predicted molar refractivity (Wildman–Crippen MR) is 154 cm³/mol. The molecule has 0 spiro atoms. The highest BCUT2D eigenvalue weighted by Crippen LogP contribution is 2.44. The molecular weight excluding hydrogens is 560 g/mol. The third-order valence-corrected chi connectivity index (χ3v) is 7.01. The van der Waals surface area contributed by atoms with E-state index in [1.54, 1.807) is 19.1 Å². The minimum atomic E-state index is -1.38. The van der Waals surface area contributed by atoms with Gasteiger partial charge in [0.25, 0.3) is 11.8 Å². The molecule has 0 aliphatic carbocycles. The number of carbonyl (C=O) groups excluding carboxylic acids is 4. The Morgan fingerprint density at radius 1 is 1.21 bits per heavy atom. The van der Waals surface area contributed by atoms with Gasteiger partial charge in [0.05, 0.1) is 25.3 Å². The summed E-state index contributed by atoms with van der Waals surface area (Å²) < 4.78 is 11.5. The molecule has 0 bridgehead atoms.